The smallest absolute Gasteiger partial charge is 0.260 e. The number of amides is 1. The van der Waals surface area contributed by atoms with Gasteiger partial charge in [-0.2, -0.15) is 5.26 Å². The van der Waals surface area contributed by atoms with Gasteiger partial charge in [-0.3, -0.25) is 4.79 Å². The number of halogens is 1. The number of nitrogens with one attached hydrogen (secondary N) is 2. The molecule has 1 aliphatic heterocycles. The van der Waals surface area contributed by atoms with Crippen molar-refractivity contribution < 1.29 is 9.53 Å². The molecule has 1 saturated heterocycles. The Labute approximate surface area is 161 Å². The van der Waals surface area contributed by atoms with Crippen LogP contribution < -0.4 is 15.4 Å². The average Bonchev–Trinajstić information content (AvgIpc) is 2.96. The minimum atomic E-state index is -0.244. The van der Waals surface area contributed by atoms with Gasteiger partial charge in [-0.05, 0) is 54.5 Å². The first-order valence-corrected chi connectivity index (χ1v) is 9.12. The second-order valence-electron chi connectivity index (χ2n) is 5.60. The molecule has 0 spiro atoms. The molecule has 26 heavy (non-hydrogen) atoms. The summed E-state index contributed by atoms with van der Waals surface area (Å²) in [5.74, 6) is 0.499. The molecule has 0 radical (unpaired) electrons. The van der Waals surface area contributed by atoms with Crippen LogP contribution in [0.25, 0.3) is 6.08 Å². The summed E-state index contributed by atoms with van der Waals surface area (Å²) in [6, 6.07) is 14.7. The van der Waals surface area contributed by atoms with Crippen LogP contribution in [-0.4, -0.2) is 18.0 Å². The number of hydrogen-bond donors (Lipinski definition) is 2. The van der Waals surface area contributed by atoms with Crippen LogP contribution in [-0.2, 0) is 4.79 Å². The normalized spacial score (nSPS) is 17.7. The van der Waals surface area contributed by atoms with Gasteiger partial charge in [-0.1, -0.05) is 35.5 Å². The molecule has 3 rings (SSSR count). The molecule has 0 bridgehead atoms. The van der Waals surface area contributed by atoms with E-state index in [9.17, 15) is 4.79 Å². The van der Waals surface area contributed by atoms with Crippen molar-refractivity contribution in [3.8, 4) is 11.8 Å². The Kier molecular flexibility index (Phi) is 5.71. The first kappa shape index (κ1) is 18.2. The van der Waals surface area contributed by atoms with E-state index in [-0.39, 0.29) is 18.0 Å². The zero-order chi connectivity index (χ0) is 18.5. The lowest BCUT2D eigenvalue weighted by Crippen LogP contribution is -2.31. The molecule has 1 atom stereocenters. The third-order valence-corrected chi connectivity index (χ3v) is 4.95. The predicted octanol–water partition coefficient (Wildman–Crippen LogP) is 4.15. The number of carbonyl (C=O) groups excluding carboxylic acids is 1. The summed E-state index contributed by atoms with van der Waals surface area (Å²) in [7, 11) is 0. The van der Waals surface area contributed by atoms with Gasteiger partial charge in [0.2, 0.25) is 0 Å². The van der Waals surface area contributed by atoms with Gasteiger partial charge in [0.05, 0.1) is 4.91 Å². The lowest BCUT2D eigenvalue weighted by molar-refractivity contribution is -0.116. The number of benzene rings is 2. The van der Waals surface area contributed by atoms with Gasteiger partial charge in [-0.25, -0.2) is 0 Å². The van der Waals surface area contributed by atoms with Gasteiger partial charge in [0.1, 0.15) is 11.8 Å². The fourth-order valence-corrected chi connectivity index (χ4v) is 3.63. The van der Waals surface area contributed by atoms with E-state index < -0.39 is 0 Å². The van der Waals surface area contributed by atoms with E-state index in [4.69, 9.17) is 21.6 Å². The van der Waals surface area contributed by atoms with Crippen molar-refractivity contribution in [2.75, 3.05) is 11.9 Å². The van der Waals surface area contributed by atoms with E-state index in [0.717, 1.165) is 16.8 Å². The summed E-state index contributed by atoms with van der Waals surface area (Å²) < 4.78 is 5.22. The number of aryl methyl sites for hydroxylation is 1. The molecule has 5 nitrogen and oxygen atoms in total. The zero-order valence-corrected chi connectivity index (χ0v) is 15.5. The van der Waals surface area contributed by atoms with Crippen LogP contribution >= 0.6 is 23.4 Å². The summed E-state index contributed by atoms with van der Waals surface area (Å²) in [4.78, 5) is 12.8. The monoisotopic (exact) mass is 385 g/mol. The van der Waals surface area contributed by atoms with Crippen LogP contribution in [0, 0.1) is 18.3 Å². The average molecular weight is 386 g/mol. The fraction of sp³-hybridized carbons (Fsp3) is 0.158. The van der Waals surface area contributed by atoms with Crippen molar-refractivity contribution in [3.63, 3.8) is 0 Å². The van der Waals surface area contributed by atoms with Crippen molar-refractivity contribution in [2.24, 2.45) is 0 Å². The van der Waals surface area contributed by atoms with Gasteiger partial charge in [0.25, 0.3) is 5.91 Å². The Morgan fingerprint density at radius 1 is 1.35 bits per heavy atom. The number of nitrogens with zero attached hydrogens (tertiary/aromatic N) is 1. The number of carbonyl (C=O) groups is 1. The van der Waals surface area contributed by atoms with Crippen molar-refractivity contribution in [2.45, 2.75) is 12.4 Å². The highest BCUT2D eigenvalue weighted by atomic mass is 35.5. The van der Waals surface area contributed by atoms with Crippen molar-refractivity contribution >= 4 is 41.0 Å². The first-order valence-electron chi connectivity index (χ1n) is 7.87. The highest BCUT2D eigenvalue weighted by Gasteiger charge is 2.27. The number of nitriles is 1. The Balaban J connectivity index is 1.67. The highest BCUT2D eigenvalue weighted by Crippen LogP contribution is 2.31. The summed E-state index contributed by atoms with van der Waals surface area (Å²) in [5.41, 5.74) is 2.58. The van der Waals surface area contributed by atoms with Crippen LogP contribution in [0.4, 0.5) is 5.69 Å². The number of hydrogen-bond acceptors (Lipinski definition) is 5. The maximum atomic E-state index is 12.2. The third kappa shape index (κ3) is 4.51. The van der Waals surface area contributed by atoms with E-state index in [1.807, 2.05) is 49.4 Å². The summed E-state index contributed by atoms with van der Waals surface area (Å²) in [6.45, 7) is 1.97. The van der Waals surface area contributed by atoms with E-state index >= 15 is 0 Å². The van der Waals surface area contributed by atoms with Crippen LogP contribution in [0.1, 0.15) is 11.1 Å². The predicted molar refractivity (Wildman–Crippen MR) is 105 cm³/mol. The molecule has 1 amide bonds. The third-order valence-electron chi connectivity index (χ3n) is 3.69. The van der Waals surface area contributed by atoms with Gasteiger partial charge < -0.3 is 15.4 Å². The molecule has 1 aliphatic rings. The summed E-state index contributed by atoms with van der Waals surface area (Å²) in [5, 5.41) is 15.4. The molecule has 1 fully saturated rings. The second-order valence-corrected chi connectivity index (χ2v) is 7.18. The van der Waals surface area contributed by atoms with E-state index in [2.05, 4.69) is 10.6 Å². The zero-order valence-electron chi connectivity index (χ0n) is 14.0. The molecule has 7 heteroatoms. The number of ether oxygens (including phenoxy) is 1. The Morgan fingerprint density at radius 2 is 2.12 bits per heavy atom. The van der Waals surface area contributed by atoms with E-state index in [1.165, 1.54) is 11.8 Å². The summed E-state index contributed by atoms with van der Waals surface area (Å²) in [6.07, 6.45) is 1.82. The first-order chi connectivity index (χ1) is 12.5. The molecule has 2 aromatic rings. The van der Waals surface area contributed by atoms with Gasteiger partial charge in [-0.15, -0.1) is 0 Å². The quantitative estimate of drug-likeness (QED) is 0.756. The maximum Gasteiger partial charge on any atom is 0.260 e. The topological polar surface area (TPSA) is 74.2 Å². The van der Waals surface area contributed by atoms with Crippen LogP contribution in [0.2, 0.25) is 5.02 Å². The van der Waals surface area contributed by atoms with Gasteiger partial charge in [0.15, 0.2) is 12.1 Å². The Bertz CT molecular complexity index is 891. The van der Waals surface area contributed by atoms with Crippen LogP contribution in [0.5, 0.6) is 5.75 Å². The molecule has 132 valence electrons. The molecule has 0 saturated carbocycles. The molecule has 2 aromatic carbocycles. The molecule has 1 heterocycles. The minimum absolute atomic E-state index is 0.0101. The van der Waals surface area contributed by atoms with Crippen molar-refractivity contribution in [3.05, 3.63) is 63.5 Å². The highest BCUT2D eigenvalue weighted by molar-refractivity contribution is 8.05. The minimum Gasteiger partial charge on any atom is -0.479 e. The molecular weight excluding hydrogens is 370 g/mol. The van der Waals surface area contributed by atoms with Crippen LogP contribution in [0.15, 0.2) is 47.4 Å². The standard InChI is InChI=1S/C19H16ClN3O2S/c1-12-10-14(20)4-7-16(12)22-19-23-18(24)17(26-19)11-13-2-5-15(6-3-13)25-9-8-21/h2-7,10-11,19,22H,9H2,1H3,(H,23,24)/b17-11-. The number of thioether (sulfide) groups is 1. The molecule has 0 aliphatic carbocycles. The fourth-order valence-electron chi connectivity index (χ4n) is 2.42. The SMILES string of the molecule is Cc1cc(Cl)ccc1NC1NC(=O)/C(=C/c2ccc(OCC#N)cc2)S1. The van der Waals surface area contributed by atoms with Crippen molar-refractivity contribution in [1.82, 2.24) is 5.32 Å². The van der Waals surface area contributed by atoms with Crippen molar-refractivity contribution in [1.29, 1.82) is 5.26 Å². The number of anilines is 1. The maximum absolute atomic E-state index is 12.2. The number of rotatable bonds is 5. The molecule has 0 aromatic heterocycles. The molecule has 2 N–H and O–H groups in total. The van der Waals surface area contributed by atoms with Gasteiger partial charge in [0, 0.05) is 10.7 Å². The Hall–Kier alpha value is -2.62. The lowest BCUT2D eigenvalue weighted by atomic mass is 10.2. The molecular formula is C19H16ClN3O2S. The van der Waals surface area contributed by atoms with Gasteiger partial charge >= 0.3 is 0 Å². The van der Waals surface area contributed by atoms with Crippen LogP contribution in [0.3, 0.4) is 0 Å². The summed E-state index contributed by atoms with van der Waals surface area (Å²) >= 11 is 7.39. The Morgan fingerprint density at radius 3 is 2.81 bits per heavy atom. The lowest BCUT2D eigenvalue weighted by Gasteiger charge is -2.15. The van der Waals surface area contributed by atoms with E-state index in [0.29, 0.717) is 15.7 Å². The molecule has 1 unspecified atom stereocenters. The van der Waals surface area contributed by atoms with E-state index in [1.54, 1.807) is 12.1 Å². The largest absolute Gasteiger partial charge is 0.479 e. The second kappa shape index (κ2) is 8.17.